The van der Waals surface area contributed by atoms with Crippen molar-refractivity contribution < 1.29 is 9.52 Å². The summed E-state index contributed by atoms with van der Waals surface area (Å²) < 4.78 is 5.48. The fourth-order valence-electron chi connectivity index (χ4n) is 2.04. The molecule has 1 aliphatic carbocycles. The monoisotopic (exact) mass is 217 g/mol. The van der Waals surface area contributed by atoms with Crippen LogP contribution < -0.4 is 5.32 Å². The molecule has 3 rings (SSSR count). The maximum atomic E-state index is 9.43. The van der Waals surface area contributed by atoms with Crippen molar-refractivity contribution in [3.8, 4) is 0 Å². The molecule has 1 atom stereocenters. The molecule has 0 saturated heterocycles. The lowest BCUT2D eigenvalue weighted by Gasteiger charge is -2.14. The van der Waals surface area contributed by atoms with E-state index in [0.29, 0.717) is 6.04 Å². The smallest absolute Gasteiger partial charge is 0.134 e. The minimum atomic E-state index is -0.00356. The summed E-state index contributed by atoms with van der Waals surface area (Å²) in [5, 5.41) is 13.9. The summed E-state index contributed by atoms with van der Waals surface area (Å²) in [5.41, 5.74) is 1.94. The molecule has 1 fully saturated rings. The first-order valence-electron chi connectivity index (χ1n) is 5.71. The normalized spacial score (nSPS) is 17.8. The molecular formula is C13H15NO2. The highest BCUT2D eigenvalue weighted by Crippen LogP contribution is 2.29. The SMILES string of the molecule is OCC(NC1CC1)c1coc2ccccc12. The number of rotatable bonds is 4. The molecule has 1 aromatic carbocycles. The summed E-state index contributed by atoms with van der Waals surface area (Å²) in [6.07, 6.45) is 4.18. The molecule has 1 saturated carbocycles. The zero-order valence-corrected chi connectivity index (χ0v) is 9.02. The second-order valence-corrected chi connectivity index (χ2v) is 4.36. The Bertz CT molecular complexity index is 487. The Morgan fingerprint density at radius 3 is 2.94 bits per heavy atom. The van der Waals surface area contributed by atoms with Crippen LogP contribution in [0.5, 0.6) is 0 Å². The minimum absolute atomic E-state index is 0.00356. The van der Waals surface area contributed by atoms with Crippen LogP contribution in [0.15, 0.2) is 34.9 Å². The van der Waals surface area contributed by atoms with Gasteiger partial charge in [0.1, 0.15) is 5.58 Å². The quantitative estimate of drug-likeness (QED) is 0.825. The second-order valence-electron chi connectivity index (χ2n) is 4.36. The van der Waals surface area contributed by atoms with Gasteiger partial charge in [0.2, 0.25) is 0 Å². The van der Waals surface area contributed by atoms with Crippen LogP contribution in [0.1, 0.15) is 24.4 Å². The molecule has 3 nitrogen and oxygen atoms in total. The molecule has 0 amide bonds. The number of aliphatic hydroxyl groups excluding tert-OH is 1. The number of aliphatic hydroxyl groups is 1. The second kappa shape index (κ2) is 3.92. The summed E-state index contributed by atoms with van der Waals surface area (Å²) >= 11 is 0. The highest BCUT2D eigenvalue weighted by molar-refractivity contribution is 5.81. The molecule has 1 heterocycles. The Kier molecular flexibility index (Phi) is 2.42. The summed E-state index contributed by atoms with van der Waals surface area (Å²) in [5.74, 6) is 0. The molecule has 84 valence electrons. The van der Waals surface area contributed by atoms with Crippen LogP contribution in [0.3, 0.4) is 0 Å². The molecule has 1 unspecified atom stereocenters. The van der Waals surface area contributed by atoms with Gasteiger partial charge < -0.3 is 14.8 Å². The van der Waals surface area contributed by atoms with E-state index in [1.54, 1.807) is 6.26 Å². The van der Waals surface area contributed by atoms with Crippen molar-refractivity contribution in [1.29, 1.82) is 0 Å². The van der Waals surface area contributed by atoms with Crippen molar-refractivity contribution in [3.63, 3.8) is 0 Å². The number of para-hydroxylation sites is 1. The van der Waals surface area contributed by atoms with Crippen LogP contribution >= 0.6 is 0 Å². The number of nitrogens with one attached hydrogen (secondary N) is 1. The van der Waals surface area contributed by atoms with Gasteiger partial charge in [-0.1, -0.05) is 18.2 Å². The van der Waals surface area contributed by atoms with Crippen molar-refractivity contribution in [3.05, 3.63) is 36.1 Å². The van der Waals surface area contributed by atoms with Gasteiger partial charge in [0, 0.05) is 17.0 Å². The predicted molar refractivity (Wildman–Crippen MR) is 62.2 cm³/mol. The van der Waals surface area contributed by atoms with Gasteiger partial charge in [-0.15, -0.1) is 0 Å². The highest BCUT2D eigenvalue weighted by atomic mass is 16.3. The van der Waals surface area contributed by atoms with Crippen molar-refractivity contribution >= 4 is 11.0 Å². The van der Waals surface area contributed by atoms with E-state index in [-0.39, 0.29) is 12.6 Å². The van der Waals surface area contributed by atoms with Crippen molar-refractivity contribution in [2.45, 2.75) is 24.9 Å². The number of benzene rings is 1. The topological polar surface area (TPSA) is 45.4 Å². The Morgan fingerprint density at radius 2 is 2.19 bits per heavy atom. The first kappa shape index (κ1) is 9.87. The third-order valence-electron chi connectivity index (χ3n) is 3.08. The average molecular weight is 217 g/mol. The van der Waals surface area contributed by atoms with E-state index in [2.05, 4.69) is 5.32 Å². The van der Waals surface area contributed by atoms with E-state index in [9.17, 15) is 5.11 Å². The maximum Gasteiger partial charge on any atom is 0.134 e. The third-order valence-corrected chi connectivity index (χ3v) is 3.08. The van der Waals surface area contributed by atoms with Crippen LogP contribution in [0.2, 0.25) is 0 Å². The Hall–Kier alpha value is -1.32. The lowest BCUT2D eigenvalue weighted by Crippen LogP contribution is -2.26. The number of hydrogen-bond acceptors (Lipinski definition) is 3. The molecule has 16 heavy (non-hydrogen) atoms. The van der Waals surface area contributed by atoms with Crippen LogP contribution in [0, 0.1) is 0 Å². The van der Waals surface area contributed by atoms with Crippen LogP contribution in [0.25, 0.3) is 11.0 Å². The molecule has 2 N–H and O–H groups in total. The van der Waals surface area contributed by atoms with E-state index in [1.807, 2.05) is 24.3 Å². The zero-order chi connectivity index (χ0) is 11.0. The van der Waals surface area contributed by atoms with Gasteiger partial charge in [-0.3, -0.25) is 0 Å². The predicted octanol–water partition coefficient (Wildman–Crippen LogP) is 2.22. The molecular weight excluding hydrogens is 202 g/mol. The van der Waals surface area contributed by atoms with E-state index >= 15 is 0 Å². The van der Waals surface area contributed by atoms with Crippen LogP contribution in [-0.4, -0.2) is 17.8 Å². The first-order valence-corrected chi connectivity index (χ1v) is 5.71. The van der Waals surface area contributed by atoms with Gasteiger partial charge in [-0.25, -0.2) is 0 Å². The Balaban J connectivity index is 1.95. The molecule has 0 aliphatic heterocycles. The van der Waals surface area contributed by atoms with Gasteiger partial charge in [0.15, 0.2) is 0 Å². The van der Waals surface area contributed by atoms with Gasteiger partial charge >= 0.3 is 0 Å². The summed E-state index contributed by atoms with van der Waals surface area (Å²) in [7, 11) is 0. The summed E-state index contributed by atoms with van der Waals surface area (Å²) in [4.78, 5) is 0. The Morgan fingerprint density at radius 1 is 1.38 bits per heavy atom. The molecule has 1 aromatic heterocycles. The number of fused-ring (bicyclic) bond motifs is 1. The van der Waals surface area contributed by atoms with E-state index in [4.69, 9.17) is 4.42 Å². The molecule has 1 aliphatic rings. The lowest BCUT2D eigenvalue weighted by atomic mass is 10.1. The molecule has 2 aromatic rings. The van der Waals surface area contributed by atoms with Crippen LogP contribution in [-0.2, 0) is 0 Å². The van der Waals surface area contributed by atoms with E-state index in [0.717, 1.165) is 16.5 Å². The van der Waals surface area contributed by atoms with Crippen molar-refractivity contribution in [1.82, 2.24) is 5.32 Å². The van der Waals surface area contributed by atoms with E-state index < -0.39 is 0 Å². The standard InChI is InChI=1S/C13H15NO2/c15-7-12(14-9-5-6-9)11-8-16-13-4-2-1-3-10(11)13/h1-4,8-9,12,14-15H,5-7H2. The summed E-state index contributed by atoms with van der Waals surface area (Å²) in [6.45, 7) is 0.111. The molecule has 0 spiro atoms. The van der Waals surface area contributed by atoms with Gasteiger partial charge in [-0.05, 0) is 18.9 Å². The zero-order valence-electron chi connectivity index (χ0n) is 9.02. The van der Waals surface area contributed by atoms with E-state index in [1.165, 1.54) is 12.8 Å². The van der Waals surface area contributed by atoms with Crippen molar-refractivity contribution in [2.24, 2.45) is 0 Å². The molecule has 0 radical (unpaired) electrons. The van der Waals surface area contributed by atoms with Gasteiger partial charge in [0.05, 0.1) is 18.9 Å². The van der Waals surface area contributed by atoms with Crippen molar-refractivity contribution in [2.75, 3.05) is 6.61 Å². The first-order chi connectivity index (χ1) is 7.88. The minimum Gasteiger partial charge on any atom is -0.464 e. The molecule has 0 bridgehead atoms. The molecule has 3 heteroatoms. The fraction of sp³-hybridized carbons (Fsp3) is 0.385. The van der Waals surface area contributed by atoms with Crippen LogP contribution in [0.4, 0.5) is 0 Å². The maximum absolute atomic E-state index is 9.43. The Labute approximate surface area is 94.1 Å². The number of hydrogen-bond donors (Lipinski definition) is 2. The third kappa shape index (κ3) is 1.72. The summed E-state index contributed by atoms with van der Waals surface area (Å²) in [6, 6.07) is 8.50. The van der Waals surface area contributed by atoms with Gasteiger partial charge in [-0.2, -0.15) is 0 Å². The fourth-order valence-corrected chi connectivity index (χ4v) is 2.04. The average Bonchev–Trinajstić information content (AvgIpc) is 3.04. The number of furan rings is 1. The van der Waals surface area contributed by atoms with Gasteiger partial charge in [0.25, 0.3) is 0 Å². The largest absolute Gasteiger partial charge is 0.464 e. The highest BCUT2D eigenvalue weighted by Gasteiger charge is 2.26. The lowest BCUT2D eigenvalue weighted by molar-refractivity contribution is 0.243.